The lowest BCUT2D eigenvalue weighted by Gasteiger charge is -2.29. The molecule has 0 amide bonds. The van der Waals surface area contributed by atoms with Crippen LogP contribution in [0.3, 0.4) is 0 Å². The number of aryl methyl sites for hydroxylation is 1. The molecule has 1 unspecified atom stereocenters. The monoisotopic (exact) mass is 422 g/mol. The van der Waals surface area contributed by atoms with Crippen LogP contribution in [0.4, 0.5) is 0 Å². The average molecular weight is 423 g/mol. The van der Waals surface area contributed by atoms with Crippen LogP contribution in [-0.2, 0) is 0 Å². The molecule has 1 aliphatic heterocycles. The standard InChI is InChI=1S/C21H22N6O2S/c1-12-10-27-19(23-12)16(29-2)7-15(25-27)14-8-18(28)26-11-17(30-20(26)24-14)13-3-6-22-21(9-13)4-5-21/h7-8,10-11,13,22H,3-6,9H2,1-2H3. The van der Waals surface area contributed by atoms with Gasteiger partial charge in [0.2, 0.25) is 0 Å². The van der Waals surface area contributed by atoms with Gasteiger partial charge in [-0.05, 0) is 45.1 Å². The van der Waals surface area contributed by atoms with E-state index in [0.717, 1.165) is 25.1 Å². The molecule has 1 saturated heterocycles. The fourth-order valence-corrected chi connectivity index (χ4v) is 5.63. The predicted octanol–water partition coefficient (Wildman–Crippen LogP) is 2.78. The van der Waals surface area contributed by atoms with Gasteiger partial charge < -0.3 is 10.1 Å². The molecule has 1 aliphatic carbocycles. The molecule has 0 bridgehead atoms. The van der Waals surface area contributed by atoms with E-state index in [1.165, 1.54) is 17.7 Å². The van der Waals surface area contributed by atoms with Gasteiger partial charge in [0.1, 0.15) is 5.69 Å². The molecule has 4 aromatic rings. The quantitative estimate of drug-likeness (QED) is 0.546. The Morgan fingerprint density at radius 1 is 1.23 bits per heavy atom. The molecule has 5 heterocycles. The molecule has 9 heteroatoms. The lowest BCUT2D eigenvalue weighted by molar-refractivity contribution is 0.348. The lowest BCUT2D eigenvalue weighted by Crippen LogP contribution is -2.39. The fourth-order valence-electron chi connectivity index (χ4n) is 4.51. The van der Waals surface area contributed by atoms with Crippen LogP contribution in [0.5, 0.6) is 5.75 Å². The third-order valence-electron chi connectivity index (χ3n) is 6.27. The summed E-state index contributed by atoms with van der Waals surface area (Å²) in [6, 6.07) is 3.34. The van der Waals surface area contributed by atoms with Crippen LogP contribution < -0.4 is 15.6 Å². The Morgan fingerprint density at radius 3 is 2.90 bits per heavy atom. The van der Waals surface area contributed by atoms with Crippen LogP contribution >= 0.6 is 11.3 Å². The Labute approximate surface area is 176 Å². The minimum atomic E-state index is -0.0877. The third kappa shape index (κ3) is 2.84. The Hall–Kier alpha value is -2.78. The zero-order chi connectivity index (χ0) is 20.5. The molecular weight excluding hydrogens is 400 g/mol. The number of hydrogen-bond acceptors (Lipinski definition) is 7. The predicted molar refractivity (Wildman–Crippen MR) is 115 cm³/mol. The van der Waals surface area contributed by atoms with Crippen LogP contribution in [0.2, 0.25) is 0 Å². The van der Waals surface area contributed by atoms with Gasteiger partial charge in [-0.1, -0.05) is 0 Å². The number of fused-ring (bicyclic) bond motifs is 2. The maximum absolute atomic E-state index is 12.9. The molecule has 30 heavy (non-hydrogen) atoms. The van der Waals surface area contributed by atoms with Gasteiger partial charge in [0.05, 0.1) is 24.7 Å². The molecule has 1 spiro atoms. The highest BCUT2D eigenvalue weighted by Crippen LogP contribution is 2.47. The van der Waals surface area contributed by atoms with Crippen LogP contribution in [0.1, 0.15) is 42.2 Å². The van der Waals surface area contributed by atoms with Gasteiger partial charge in [0.15, 0.2) is 16.4 Å². The van der Waals surface area contributed by atoms with Crippen molar-refractivity contribution in [1.29, 1.82) is 0 Å². The van der Waals surface area contributed by atoms with E-state index in [1.807, 2.05) is 19.3 Å². The highest BCUT2D eigenvalue weighted by Gasteiger charge is 2.46. The van der Waals surface area contributed by atoms with Crippen LogP contribution in [-0.4, -0.2) is 43.2 Å². The lowest BCUT2D eigenvalue weighted by atomic mass is 9.90. The molecule has 154 valence electrons. The van der Waals surface area contributed by atoms with E-state index in [9.17, 15) is 4.79 Å². The average Bonchev–Trinajstić information content (AvgIpc) is 3.16. The van der Waals surface area contributed by atoms with Crippen molar-refractivity contribution in [2.24, 2.45) is 0 Å². The van der Waals surface area contributed by atoms with E-state index in [-0.39, 0.29) is 5.56 Å². The highest BCUT2D eigenvalue weighted by atomic mass is 32.1. The van der Waals surface area contributed by atoms with Crippen LogP contribution in [0.15, 0.2) is 29.3 Å². The number of rotatable bonds is 3. The van der Waals surface area contributed by atoms with Crippen molar-refractivity contribution in [2.75, 3.05) is 13.7 Å². The maximum Gasteiger partial charge on any atom is 0.259 e. The fraction of sp³-hybridized carbons (Fsp3) is 0.429. The van der Waals surface area contributed by atoms with Crippen molar-refractivity contribution in [2.45, 2.75) is 44.1 Å². The first-order valence-corrected chi connectivity index (χ1v) is 11.0. The number of hydrogen-bond donors (Lipinski definition) is 1. The summed E-state index contributed by atoms with van der Waals surface area (Å²) >= 11 is 1.62. The molecule has 1 atom stereocenters. The van der Waals surface area contributed by atoms with E-state index < -0.39 is 0 Å². The number of thiazole rings is 1. The van der Waals surface area contributed by atoms with Gasteiger partial charge in [-0.15, -0.1) is 11.3 Å². The van der Waals surface area contributed by atoms with Crippen LogP contribution in [0.25, 0.3) is 22.0 Å². The SMILES string of the molecule is COc1cc(-c2cc(=O)n3cc(C4CCNC5(CC5)C4)sc3n2)nn2cc(C)nc12. The van der Waals surface area contributed by atoms with E-state index in [0.29, 0.717) is 39.2 Å². The Kier molecular flexibility index (Phi) is 3.82. The molecule has 0 radical (unpaired) electrons. The zero-order valence-corrected chi connectivity index (χ0v) is 17.7. The number of imidazole rings is 1. The van der Waals surface area contributed by atoms with Crippen molar-refractivity contribution in [3.63, 3.8) is 0 Å². The largest absolute Gasteiger partial charge is 0.493 e. The summed E-state index contributed by atoms with van der Waals surface area (Å²) < 4.78 is 8.84. The number of piperidine rings is 1. The molecule has 2 fully saturated rings. The van der Waals surface area contributed by atoms with Crippen LogP contribution in [0, 0.1) is 6.92 Å². The second-order valence-corrected chi connectivity index (χ2v) is 9.45. The number of nitrogens with zero attached hydrogens (tertiary/aromatic N) is 5. The summed E-state index contributed by atoms with van der Waals surface area (Å²) in [6.45, 7) is 2.95. The normalized spacial score (nSPS) is 20.3. The number of aromatic nitrogens is 5. The Balaban J connectivity index is 1.44. The van der Waals surface area contributed by atoms with Gasteiger partial charge >= 0.3 is 0 Å². The van der Waals surface area contributed by atoms with E-state index >= 15 is 0 Å². The minimum Gasteiger partial charge on any atom is -0.493 e. The smallest absolute Gasteiger partial charge is 0.259 e. The van der Waals surface area contributed by atoms with Gasteiger partial charge in [0, 0.05) is 28.7 Å². The van der Waals surface area contributed by atoms with Crippen molar-refractivity contribution in [3.05, 3.63) is 45.5 Å². The van der Waals surface area contributed by atoms with Crippen molar-refractivity contribution >= 4 is 21.9 Å². The van der Waals surface area contributed by atoms with E-state index in [2.05, 4.69) is 15.4 Å². The first-order chi connectivity index (χ1) is 14.5. The number of ether oxygens (including phenoxy) is 1. The second kappa shape index (κ2) is 6.36. The number of methoxy groups -OCH3 is 1. The van der Waals surface area contributed by atoms with Gasteiger partial charge in [-0.3, -0.25) is 9.20 Å². The Bertz CT molecular complexity index is 1350. The topological polar surface area (TPSA) is 85.8 Å². The van der Waals surface area contributed by atoms with E-state index in [4.69, 9.17) is 9.72 Å². The summed E-state index contributed by atoms with van der Waals surface area (Å²) in [7, 11) is 1.60. The van der Waals surface area contributed by atoms with Crippen molar-refractivity contribution in [1.82, 2.24) is 29.3 Å². The summed E-state index contributed by atoms with van der Waals surface area (Å²) in [5.74, 6) is 1.10. The zero-order valence-electron chi connectivity index (χ0n) is 16.9. The molecule has 2 aliphatic rings. The number of nitrogens with one attached hydrogen (secondary N) is 1. The van der Waals surface area contributed by atoms with Gasteiger partial charge in [-0.2, -0.15) is 5.10 Å². The Morgan fingerprint density at radius 2 is 2.10 bits per heavy atom. The van der Waals surface area contributed by atoms with Crippen molar-refractivity contribution < 1.29 is 4.74 Å². The van der Waals surface area contributed by atoms with Gasteiger partial charge in [0.25, 0.3) is 5.56 Å². The molecule has 0 aromatic carbocycles. The minimum absolute atomic E-state index is 0.0877. The molecule has 1 saturated carbocycles. The molecule has 8 nitrogen and oxygen atoms in total. The molecule has 4 aromatic heterocycles. The maximum atomic E-state index is 12.9. The first kappa shape index (κ1) is 18.0. The summed E-state index contributed by atoms with van der Waals surface area (Å²) in [6.07, 6.45) is 8.60. The van der Waals surface area contributed by atoms with E-state index in [1.54, 1.807) is 39.5 Å². The highest BCUT2D eigenvalue weighted by molar-refractivity contribution is 7.17. The summed E-state index contributed by atoms with van der Waals surface area (Å²) in [5.41, 5.74) is 2.89. The molecular formula is C21H22N6O2S. The third-order valence-corrected chi connectivity index (χ3v) is 7.41. The molecule has 1 N–H and O–H groups in total. The molecule has 6 rings (SSSR count). The second-order valence-electron chi connectivity index (χ2n) is 8.41. The summed E-state index contributed by atoms with van der Waals surface area (Å²) in [4.78, 5) is 24.0. The van der Waals surface area contributed by atoms with Gasteiger partial charge in [-0.25, -0.2) is 14.5 Å². The van der Waals surface area contributed by atoms with Crippen molar-refractivity contribution in [3.8, 4) is 17.1 Å². The summed E-state index contributed by atoms with van der Waals surface area (Å²) in [5, 5.41) is 8.27. The first-order valence-electron chi connectivity index (χ1n) is 10.2.